The first-order chi connectivity index (χ1) is 8.71. The number of halogens is 3. The molecule has 1 heterocycles. The molecule has 4 nitrogen and oxygen atoms in total. The first-order valence-electron chi connectivity index (χ1n) is 6.05. The molecule has 1 rings (SSSR count). The zero-order valence-corrected chi connectivity index (χ0v) is 10.9. The van der Waals surface area contributed by atoms with E-state index >= 15 is 0 Å². The molecule has 108 valence electrons. The maximum Gasteiger partial charge on any atom is 0.471 e. The predicted molar refractivity (Wildman–Crippen MR) is 63.2 cm³/mol. The van der Waals surface area contributed by atoms with Crippen molar-refractivity contribution in [1.82, 2.24) is 9.80 Å². The number of alkyl halides is 3. The van der Waals surface area contributed by atoms with Crippen LogP contribution in [0.1, 0.15) is 13.8 Å². The summed E-state index contributed by atoms with van der Waals surface area (Å²) < 4.78 is 36.6. The highest BCUT2D eigenvalue weighted by Crippen LogP contribution is 2.19. The van der Waals surface area contributed by atoms with Gasteiger partial charge in [-0.25, -0.2) is 0 Å². The fourth-order valence-electron chi connectivity index (χ4n) is 1.69. The number of hydrogen-bond acceptors (Lipinski definition) is 2. The Kier molecular flexibility index (Phi) is 4.97. The molecular formula is C12H17F3N2O2. The van der Waals surface area contributed by atoms with Crippen molar-refractivity contribution in [3.8, 4) is 0 Å². The Labute approximate surface area is 109 Å². The number of carbonyl (C=O) groups is 2. The molecule has 0 aliphatic carbocycles. The molecule has 0 atom stereocenters. The maximum absolute atomic E-state index is 12.2. The topological polar surface area (TPSA) is 40.6 Å². The lowest BCUT2D eigenvalue weighted by molar-refractivity contribution is -0.187. The van der Waals surface area contributed by atoms with Crippen molar-refractivity contribution in [2.75, 3.05) is 26.2 Å². The van der Waals surface area contributed by atoms with Gasteiger partial charge in [0.2, 0.25) is 5.91 Å². The smallest absolute Gasteiger partial charge is 0.336 e. The van der Waals surface area contributed by atoms with Crippen molar-refractivity contribution in [1.29, 1.82) is 0 Å². The molecule has 0 aromatic rings. The molecule has 1 fully saturated rings. The van der Waals surface area contributed by atoms with Crippen LogP contribution in [-0.4, -0.2) is 54.0 Å². The maximum atomic E-state index is 12.2. The molecule has 0 aromatic carbocycles. The Hall–Kier alpha value is -1.53. The summed E-state index contributed by atoms with van der Waals surface area (Å²) in [4.78, 5) is 24.9. The van der Waals surface area contributed by atoms with Gasteiger partial charge in [0.1, 0.15) is 0 Å². The first-order valence-corrected chi connectivity index (χ1v) is 6.05. The third-order valence-electron chi connectivity index (χ3n) is 2.74. The molecule has 0 saturated carbocycles. The van der Waals surface area contributed by atoms with E-state index in [9.17, 15) is 22.8 Å². The SMILES string of the molecule is CC(C)/C=C/C(=O)N1CCN(C(=O)C(F)(F)F)CC1. The zero-order valence-electron chi connectivity index (χ0n) is 10.9. The molecule has 1 aliphatic heterocycles. The molecular weight excluding hydrogens is 261 g/mol. The van der Waals surface area contributed by atoms with Crippen molar-refractivity contribution in [2.24, 2.45) is 5.92 Å². The molecule has 19 heavy (non-hydrogen) atoms. The Morgan fingerprint density at radius 2 is 1.53 bits per heavy atom. The van der Waals surface area contributed by atoms with Crippen LogP contribution in [0, 0.1) is 5.92 Å². The zero-order chi connectivity index (χ0) is 14.6. The fraction of sp³-hybridized carbons (Fsp3) is 0.667. The number of allylic oxidation sites excluding steroid dienone is 1. The molecule has 0 unspecified atom stereocenters. The van der Waals surface area contributed by atoms with E-state index in [4.69, 9.17) is 0 Å². The van der Waals surface area contributed by atoms with E-state index in [2.05, 4.69) is 0 Å². The van der Waals surface area contributed by atoms with Crippen LogP contribution in [0.4, 0.5) is 13.2 Å². The van der Waals surface area contributed by atoms with Crippen LogP contribution in [0.2, 0.25) is 0 Å². The van der Waals surface area contributed by atoms with Crippen molar-refractivity contribution in [3.63, 3.8) is 0 Å². The number of nitrogens with zero attached hydrogens (tertiary/aromatic N) is 2. The van der Waals surface area contributed by atoms with Gasteiger partial charge in [-0.2, -0.15) is 13.2 Å². The number of rotatable bonds is 2. The summed E-state index contributed by atoms with van der Waals surface area (Å²) in [6.07, 6.45) is -1.69. The van der Waals surface area contributed by atoms with Crippen molar-refractivity contribution >= 4 is 11.8 Å². The summed E-state index contributed by atoms with van der Waals surface area (Å²) in [5, 5.41) is 0. The van der Waals surface area contributed by atoms with Gasteiger partial charge in [0.25, 0.3) is 0 Å². The van der Waals surface area contributed by atoms with E-state index in [0.29, 0.717) is 0 Å². The number of amides is 2. The number of hydrogen-bond donors (Lipinski definition) is 0. The number of piperazine rings is 1. The van der Waals surface area contributed by atoms with E-state index in [1.807, 2.05) is 13.8 Å². The van der Waals surface area contributed by atoms with E-state index in [1.165, 1.54) is 11.0 Å². The summed E-state index contributed by atoms with van der Waals surface area (Å²) in [5.74, 6) is -1.83. The highest BCUT2D eigenvalue weighted by Gasteiger charge is 2.43. The molecule has 0 bridgehead atoms. The quantitative estimate of drug-likeness (QED) is 0.717. The second-order valence-corrected chi connectivity index (χ2v) is 4.72. The van der Waals surface area contributed by atoms with Crippen LogP contribution in [0.5, 0.6) is 0 Å². The lowest BCUT2D eigenvalue weighted by atomic mass is 10.2. The molecule has 7 heteroatoms. The molecule has 1 saturated heterocycles. The normalized spacial score (nSPS) is 17.4. The van der Waals surface area contributed by atoms with Crippen molar-refractivity contribution in [2.45, 2.75) is 20.0 Å². The fourth-order valence-corrected chi connectivity index (χ4v) is 1.69. The monoisotopic (exact) mass is 278 g/mol. The van der Waals surface area contributed by atoms with Crippen molar-refractivity contribution < 1.29 is 22.8 Å². The average Bonchev–Trinajstić information content (AvgIpc) is 2.34. The third kappa shape index (κ3) is 4.57. The standard InChI is InChI=1S/C12H17F3N2O2/c1-9(2)3-4-10(18)16-5-7-17(8-6-16)11(19)12(13,14)15/h3-4,9H,5-8H2,1-2H3/b4-3+. The first kappa shape index (κ1) is 15.5. The summed E-state index contributed by atoms with van der Waals surface area (Å²) in [6.45, 7) is 3.93. The summed E-state index contributed by atoms with van der Waals surface area (Å²) in [7, 11) is 0. The van der Waals surface area contributed by atoms with E-state index in [1.54, 1.807) is 6.08 Å². The average molecular weight is 278 g/mol. The third-order valence-corrected chi connectivity index (χ3v) is 2.74. The molecule has 0 aromatic heterocycles. The Bertz CT molecular complexity index is 370. The molecule has 1 aliphatic rings. The van der Waals surface area contributed by atoms with Gasteiger partial charge in [-0.1, -0.05) is 19.9 Å². The Morgan fingerprint density at radius 3 is 1.95 bits per heavy atom. The van der Waals surface area contributed by atoms with Crippen LogP contribution in [0.25, 0.3) is 0 Å². The Morgan fingerprint density at radius 1 is 1.05 bits per heavy atom. The minimum Gasteiger partial charge on any atom is -0.336 e. The van der Waals surface area contributed by atoms with Gasteiger partial charge in [0.15, 0.2) is 0 Å². The van der Waals surface area contributed by atoms with Crippen LogP contribution in [0.3, 0.4) is 0 Å². The summed E-state index contributed by atoms with van der Waals surface area (Å²) in [6, 6.07) is 0. The molecule has 0 radical (unpaired) electrons. The second kappa shape index (κ2) is 6.08. The van der Waals surface area contributed by atoms with Crippen LogP contribution in [0.15, 0.2) is 12.2 Å². The van der Waals surface area contributed by atoms with Gasteiger partial charge in [0, 0.05) is 26.2 Å². The van der Waals surface area contributed by atoms with Crippen LogP contribution >= 0.6 is 0 Å². The van der Waals surface area contributed by atoms with Gasteiger partial charge < -0.3 is 9.80 Å². The van der Waals surface area contributed by atoms with Gasteiger partial charge in [-0.15, -0.1) is 0 Å². The number of carbonyl (C=O) groups excluding carboxylic acids is 2. The molecule has 2 amide bonds. The van der Waals surface area contributed by atoms with Gasteiger partial charge in [0.05, 0.1) is 0 Å². The largest absolute Gasteiger partial charge is 0.471 e. The lowest BCUT2D eigenvalue weighted by Crippen LogP contribution is -2.53. The minimum absolute atomic E-state index is 0.0837. The summed E-state index contributed by atoms with van der Waals surface area (Å²) >= 11 is 0. The van der Waals surface area contributed by atoms with E-state index < -0.39 is 12.1 Å². The predicted octanol–water partition coefficient (Wildman–Crippen LogP) is 1.43. The van der Waals surface area contributed by atoms with Crippen molar-refractivity contribution in [3.05, 3.63) is 12.2 Å². The van der Waals surface area contributed by atoms with E-state index in [0.717, 1.165) is 4.90 Å². The van der Waals surface area contributed by atoms with Gasteiger partial charge in [-0.3, -0.25) is 9.59 Å². The summed E-state index contributed by atoms with van der Waals surface area (Å²) in [5.41, 5.74) is 0. The van der Waals surface area contributed by atoms with Crippen LogP contribution in [-0.2, 0) is 9.59 Å². The second-order valence-electron chi connectivity index (χ2n) is 4.72. The highest BCUT2D eigenvalue weighted by atomic mass is 19.4. The Balaban J connectivity index is 2.49. The highest BCUT2D eigenvalue weighted by molar-refractivity contribution is 5.88. The van der Waals surface area contributed by atoms with Gasteiger partial charge in [-0.05, 0) is 12.0 Å². The van der Waals surface area contributed by atoms with Crippen LogP contribution < -0.4 is 0 Å². The molecule has 0 spiro atoms. The van der Waals surface area contributed by atoms with Gasteiger partial charge >= 0.3 is 12.1 Å². The van der Waals surface area contributed by atoms with E-state index in [-0.39, 0.29) is 38.0 Å². The molecule has 0 N–H and O–H groups in total. The minimum atomic E-state index is -4.84. The lowest BCUT2D eigenvalue weighted by Gasteiger charge is -2.34.